The first kappa shape index (κ1) is 17.7. The van der Waals surface area contributed by atoms with Crippen molar-refractivity contribution in [3.8, 4) is 0 Å². The summed E-state index contributed by atoms with van der Waals surface area (Å²) >= 11 is 0. The normalized spacial score (nSPS) is 24.6. The van der Waals surface area contributed by atoms with Crippen LogP contribution in [0.15, 0.2) is 30.3 Å². The number of para-hydroxylation sites is 1. The summed E-state index contributed by atoms with van der Waals surface area (Å²) in [6.45, 7) is 4.52. The SMILES string of the molecule is C[C@H]1C[C@@H](C(=O)N2CCC(NC(=O)Nc3ccccc3)CC2)CCN1. The average Bonchev–Trinajstić information content (AvgIpc) is 2.62. The summed E-state index contributed by atoms with van der Waals surface area (Å²) in [5, 5.41) is 9.25. The second-order valence-electron chi connectivity index (χ2n) is 7.14. The fourth-order valence-corrected chi connectivity index (χ4v) is 3.73. The Labute approximate surface area is 149 Å². The first-order valence-corrected chi connectivity index (χ1v) is 9.26. The molecule has 0 saturated carbocycles. The van der Waals surface area contributed by atoms with Gasteiger partial charge in [0, 0.05) is 36.8 Å². The highest BCUT2D eigenvalue weighted by Gasteiger charge is 2.31. The minimum atomic E-state index is -0.178. The molecule has 6 heteroatoms. The monoisotopic (exact) mass is 344 g/mol. The molecule has 1 aromatic carbocycles. The lowest BCUT2D eigenvalue weighted by molar-refractivity contribution is -0.137. The fraction of sp³-hybridized carbons (Fsp3) is 0.579. The minimum Gasteiger partial charge on any atom is -0.342 e. The predicted octanol–water partition coefficient (Wildman–Crippen LogP) is 2.19. The highest BCUT2D eigenvalue weighted by atomic mass is 16.2. The number of urea groups is 1. The van der Waals surface area contributed by atoms with Crippen LogP contribution in [0.2, 0.25) is 0 Å². The van der Waals surface area contributed by atoms with Crippen LogP contribution in [-0.2, 0) is 4.79 Å². The molecule has 2 heterocycles. The molecule has 25 heavy (non-hydrogen) atoms. The van der Waals surface area contributed by atoms with Gasteiger partial charge in [-0.25, -0.2) is 4.79 Å². The standard InChI is InChI=1S/C19H28N4O2/c1-14-13-15(7-10-20-14)18(24)23-11-8-17(9-12-23)22-19(25)21-16-5-3-2-4-6-16/h2-6,14-15,17,20H,7-13H2,1H3,(H2,21,22,25)/t14-,15-/m0/s1. The van der Waals surface area contributed by atoms with Crippen LogP contribution in [0.5, 0.6) is 0 Å². The van der Waals surface area contributed by atoms with Crippen molar-refractivity contribution >= 4 is 17.6 Å². The molecule has 136 valence electrons. The maximum absolute atomic E-state index is 12.7. The van der Waals surface area contributed by atoms with Crippen LogP contribution < -0.4 is 16.0 Å². The van der Waals surface area contributed by atoms with Gasteiger partial charge in [-0.2, -0.15) is 0 Å². The highest BCUT2D eigenvalue weighted by Crippen LogP contribution is 2.21. The van der Waals surface area contributed by atoms with E-state index in [2.05, 4.69) is 22.9 Å². The number of benzene rings is 1. The van der Waals surface area contributed by atoms with Gasteiger partial charge in [-0.15, -0.1) is 0 Å². The molecule has 0 radical (unpaired) electrons. The third kappa shape index (κ3) is 4.95. The molecule has 2 aliphatic heterocycles. The number of hydrogen-bond donors (Lipinski definition) is 3. The van der Waals surface area contributed by atoms with Crippen LogP contribution >= 0.6 is 0 Å². The third-order valence-corrected chi connectivity index (χ3v) is 5.15. The van der Waals surface area contributed by atoms with Crippen LogP contribution in [0.1, 0.15) is 32.6 Å². The van der Waals surface area contributed by atoms with E-state index in [-0.39, 0.29) is 18.0 Å². The van der Waals surface area contributed by atoms with Gasteiger partial charge < -0.3 is 20.9 Å². The summed E-state index contributed by atoms with van der Waals surface area (Å²) < 4.78 is 0. The zero-order valence-electron chi connectivity index (χ0n) is 14.8. The minimum absolute atomic E-state index is 0.125. The number of hydrogen-bond acceptors (Lipinski definition) is 3. The van der Waals surface area contributed by atoms with Crippen molar-refractivity contribution in [1.29, 1.82) is 0 Å². The Bertz CT molecular complexity index is 584. The van der Waals surface area contributed by atoms with Crippen LogP contribution in [0.25, 0.3) is 0 Å². The Balaban J connectivity index is 1.42. The number of anilines is 1. The second-order valence-corrected chi connectivity index (χ2v) is 7.14. The van der Waals surface area contributed by atoms with Crippen LogP contribution in [0, 0.1) is 5.92 Å². The molecular weight excluding hydrogens is 316 g/mol. The zero-order valence-corrected chi connectivity index (χ0v) is 14.8. The number of carbonyl (C=O) groups is 2. The highest BCUT2D eigenvalue weighted by molar-refractivity contribution is 5.89. The van der Waals surface area contributed by atoms with Gasteiger partial charge >= 0.3 is 6.03 Å². The van der Waals surface area contributed by atoms with E-state index in [1.165, 1.54) is 0 Å². The Morgan fingerprint density at radius 3 is 2.52 bits per heavy atom. The number of likely N-dealkylation sites (tertiary alicyclic amines) is 1. The van der Waals surface area contributed by atoms with Gasteiger partial charge in [0.25, 0.3) is 0 Å². The average molecular weight is 344 g/mol. The second kappa shape index (κ2) is 8.34. The number of nitrogens with zero attached hydrogens (tertiary/aromatic N) is 1. The van der Waals surface area contributed by atoms with Crippen molar-refractivity contribution in [2.75, 3.05) is 25.0 Å². The molecule has 6 nitrogen and oxygen atoms in total. The maximum Gasteiger partial charge on any atom is 0.319 e. The zero-order chi connectivity index (χ0) is 17.6. The molecule has 3 N–H and O–H groups in total. The van der Waals surface area contributed by atoms with E-state index in [0.717, 1.165) is 51.0 Å². The van der Waals surface area contributed by atoms with E-state index in [4.69, 9.17) is 0 Å². The summed E-state index contributed by atoms with van der Waals surface area (Å²) in [4.78, 5) is 26.7. The molecule has 0 bridgehead atoms. The van der Waals surface area contributed by atoms with E-state index in [9.17, 15) is 9.59 Å². The molecule has 2 saturated heterocycles. The molecule has 2 fully saturated rings. The lowest BCUT2D eigenvalue weighted by Crippen LogP contribution is -2.50. The predicted molar refractivity (Wildman–Crippen MR) is 98.4 cm³/mol. The molecule has 0 spiro atoms. The molecule has 0 aliphatic carbocycles. The Hall–Kier alpha value is -2.08. The largest absolute Gasteiger partial charge is 0.342 e. The Morgan fingerprint density at radius 2 is 1.84 bits per heavy atom. The third-order valence-electron chi connectivity index (χ3n) is 5.15. The summed E-state index contributed by atoms with van der Waals surface area (Å²) in [6.07, 6.45) is 3.49. The first-order chi connectivity index (χ1) is 12.1. The number of nitrogens with one attached hydrogen (secondary N) is 3. The van der Waals surface area contributed by atoms with E-state index in [1.54, 1.807) is 0 Å². The molecular formula is C19H28N4O2. The van der Waals surface area contributed by atoms with Gasteiger partial charge in [-0.3, -0.25) is 4.79 Å². The maximum atomic E-state index is 12.7. The Kier molecular flexibility index (Phi) is 5.91. The summed E-state index contributed by atoms with van der Waals surface area (Å²) in [6, 6.07) is 9.79. The molecule has 3 rings (SSSR count). The van der Waals surface area contributed by atoms with Gasteiger partial charge in [0.05, 0.1) is 0 Å². The van der Waals surface area contributed by atoms with E-state index in [1.807, 2.05) is 35.2 Å². The quantitative estimate of drug-likeness (QED) is 0.787. The summed E-state index contributed by atoms with van der Waals surface area (Å²) in [7, 11) is 0. The van der Waals surface area contributed by atoms with Crippen molar-refractivity contribution in [3.05, 3.63) is 30.3 Å². The van der Waals surface area contributed by atoms with Gasteiger partial charge in [0.2, 0.25) is 5.91 Å². The van der Waals surface area contributed by atoms with Gasteiger partial charge in [-0.1, -0.05) is 18.2 Å². The fourth-order valence-electron chi connectivity index (χ4n) is 3.73. The van der Waals surface area contributed by atoms with Crippen molar-refractivity contribution in [1.82, 2.24) is 15.5 Å². The Morgan fingerprint density at radius 1 is 1.12 bits per heavy atom. The van der Waals surface area contributed by atoms with Crippen LogP contribution in [-0.4, -0.2) is 48.6 Å². The molecule has 3 amide bonds. The van der Waals surface area contributed by atoms with E-state index >= 15 is 0 Å². The molecule has 1 aromatic rings. The lowest BCUT2D eigenvalue weighted by Gasteiger charge is -2.36. The van der Waals surface area contributed by atoms with Crippen molar-refractivity contribution in [2.45, 2.75) is 44.7 Å². The topological polar surface area (TPSA) is 73.5 Å². The smallest absolute Gasteiger partial charge is 0.319 e. The van der Waals surface area contributed by atoms with Crippen molar-refractivity contribution in [3.63, 3.8) is 0 Å². The number of amides is 3. The summed E-state index contributed by atoms with van der Waals surface area (Å²) in [5.41, 5.74) is 0.785. The number of carbonyl (C=O) groups excluding carboxylic acids is 2. The van der Waals surface area contributed by atoms with Crippen molar-refractivity contribution in [2.24, 2.45) is 5.92 Å². The van der Waals surface area contributed by atoms with E-state index < -0.39 is 0 Å². The van der Waals surface area contributed by atoms with Gasteiger partial charge in [0.15, 0.2) is 0 Å². The number of piperidine rings is 2. The van der Waals surface area contributed by atoms with Gasteiger partial charge in [-0.05, 0) is 51.3 Å². The first-order valence-electron chi connectivity index (χ1n) is 9.26. The number of rotatable bonds is 3. The van der Waals surface area contributed by atoms with Crippen molar-refractivity contribution < 1.29 is 9.59 Å². The van der Waals surface area contributed by atoms with E-state index in [0.29, 0.717) is 11.9 Å². The molecule has 2 atom stereocenters. The van der Waals surface area contributed by atoms with Crippen LogP contribution in [0.4, 0.5) is 10.5 Å². The van der Waals surface area contributed by atoms with Gasteiger partial charge in [0.1, 0.15) is 0 Å². The lowest BCUT2D eigenvalue weighted by atomic mass is 9.91. The summed E-state index contributed by atoms with van der Waals surface area (Å²) in [5.74, 6) is 0.447. The molecule has 2 aliphatic rings. The van der Waals surface area contributed by atoms with Crippen LogP contribution in [0.3, 0.4) is 0 Å². The molecule has 0 unspecified atom stereocenters. The molecule has 0 aromatic heterocycles.